The fraction of sp³-hybridized carbons (Fsp3) is 0.409. The Balaban J connectivity index is 1.50. The minimum Gasteiger partial charge on any atom is -0.385 e. The summed E-state index contributed by atoms with van der Waals surface area (Å²) in [6.45, 7) is 5.85. The number of nitrogens with zero attached hydrogens (tertiary/aromatic N) is 2. The van der Waals surface area contributed by atoms with E-state index in [0.717, 1.165) is 57.9 Å². The fourth-order valence-corrected chi connectivity index (χ4v) is 3.56. The summed E-state index contributed by atoms with van der Waals surface area (Å²) in [5, 5.41) is 0. The highest BCUT2D eigenvalue weighted by Gasteiger charge is 2.17. The van der Waals surface area contributed by atoms with Gasteiger partial charge < -0.3 is 15.4 Å². The number of hydrogen-bond donors (Lipinski definition) is 1. The van der Waals surface area contributed by atoms with Gasteiger partial charge in [0, 0.05) is 57.7 Å². The Morgan fingerprint density at radius 2 is 1.74 bits per heavy atom. The molecule has 0 atom stereocenters. The molecule has 144 valence electrons. The molecule has 1 aliphatic rings. The second kappa shape index (κ2) is 9.53. The van der Waals surface area contributed by atoms with Crippen molar-refractivity contribution < 1.29 is 9.53 Å². The zero-order valence-electron chi connectivity index (χ0n) is 16.1. The van der Waals surface area contributed by atoms with Crippen LogP contribution in [-0.2, 0) is 17.7 Å². The SMILES string of the molecule is COCCCc1cccc(CN2CCN(c3ccc(C(N)=O)cc3)CC2)c1. The van der Waals surface area contributed by atoms with Gasteiger partial charge in [0.1, 0.15) is 0 Å². The first-order chi connectivity index (χ1) is 13.2. The number of aryl methyl sites for hydroxylation is 1. The van der Waals surface area contributed by atoms with Gasteiger partial charge in [0.25, 0.3) is 0 Å². The molecular formula is C22H29N3O2. The number of nitrogens with two attached hydrogens (primary N) is 1. The van der Waals surface area contributed by atoms with Crippen LogP contribution in [0, 0.1) is 0 Å². The maximum atomic E-state index is 11.2. The Hall–Kier alpha value is -2.37. The van der Waals surface area contributed by atoms with Gasteiger partial charge in [-0.05, 0) is 48.2 Å². The predicted molar refractivity (Wildman–Crippen MR) is 109 cm³/mol. The number of anilines is 1. The molecule has 2 aromatic rings. The number of amides is 1. The van der Waals surface area contributed by atoms with Crippen molar-refractivity contribution >= 4 is 11.6 Å². The molecule has 2 N–H and O–H groups in total. The summed E-state index contributed by atoms with van der Waals surface area (Å²) >= 11 is 0. The van der Waals surface area contributed by atoms with Crippen molar-refractivity contribution in [2.75, 3.05) is 44.8 Å². The molecule has 0 unspecified atom stereocenters. The van der Waals surface area contributed by atoms with E-state index >= 15 is 0 Å². The van der Waals surface area contributed by atoms with E-state index in [2.05, 4.69) is 34.1 Å². The first-order valence-corrected chi connectivity index (χ1v) is 9.59. The Morgan fingerprint density at radius 3 is 2.41 bits per heavy atom. The van der Waals surface area contributed by atoms with Crippen molar-refractivity contribution in [3.05, 3.63) is 65.2 Å². The Kier molecular flexibility index (Phi) is 6.85. The number of carbonyl (C=O) groups is 1. The van der Waals surface area contributed by atoms with Gasteiger partial charge >= 0.3 is 0 Å². The van der Waals surface area contributed by atoms with E-state index in [-0.39, 0.29) is 5.91 Å². The molecule has 1 amide bonds. The molecule has 1 heterocycles. The summed E-state index contributed by atoms with van der Waals surface area (Å²) in [5.41, 5.74) is 9.79. The molecule has 0 bridgehead atoms. The summed E-state index contributed by atoms with van der Waals surface area (Å²) in [5.74, 6) is -0.379. The van der Waals surface area contributed by atoms with Gasteiger partial charge in [0.2, 0.25) is 5.91 Å². The largest absolute Gasteiger partial charge is 0.385 e. The van der Waals surface area contributed by atoms with Gasteiger partial charge in [-0.1, -0.05) is 24.3 Å². The van der Waals surface area contributed by atoms with E-state index in [1.807, 2.05) is 12.1 Å². The maximum absolute atomic E-state index is 11.2. The number of carbonyl (C=O) groups excluding carboxylic acids is 1. The molecule has 1 aliphatic heterocycles. The lowest BCUT2D eigenvalue weighted by Crippen LogP contribution is -2.46. The van der Waals surface area contributed by atoms with Crippen LogP contribution in [0.1, 0.15) is 27.9 Å². The van der Waals surface area contributed by atoms with E-state index in [1.54, 1.807) is 19.2 Å². The van der Waals surface area contributed by atoms with Gasteiger partial charge in [0.15, 0.2) is 0 Å². The minimum absolute atomic E-state index is 0.379. The van der Waals surface area contributed by atoms with Crippen LogP contribution in [0.5, 0.6) is 0 Å². The van der Waals surface area contributed by atoms with Crippen molar-refractivity contribution in [1.29, 1.82) is 0 Å². The van der Waals surface area contributed by atoms with Gasteiger partial charge in [-0.25, -0.2) is 0 Å². The molecule has 0 spiro atoms. The van der Waals surface area contributed by atoms with Crippen molar-refractivity contribution in [2.45, 2.75) is 19.4 Å². The van der Waals surface area contributed by atoms with E-state index in [1.165, 1.54) is 11.1 Å². The third-order valence-electron chi connectivity index (χ3n) is 5.10. The van der Waals surface area contributed by atoms with Crippen molar-refractivity contribution in [2.24, 2.45) is 5.73 Å². The molecule has 0 radical (unpaired) electrons. The molecular weight excluding hydrogens is 338 g/mol. The normalized spacial score (nSPS) is 15.1. The summed E-state index contributed by atoms with van der Waals surface area (Å²) < 4.78 is 5.14. The zero-order chi connectivity index (χ0) is 19.1. The lowest BCUT2D eigenvalue weighted by Gasteiger charge is -2.36. The summed E-state index contributed by atoms with van der Waals surface area (Å²) in [6.07, 6.45) is 2.13. The highest BCUT2D eigenvalue weighted by Crippen LogP contribution is 2.18. The van der Waals surface area contributed by atoms with Crippen LogP contribution in [-0.4, -0.2) is 50.7 Å². The van der Waals surface area contributed by atoms with Crippen LogP contribution in [0.15, 0.2) is 48.5 Å². The fourth-order valence-electron chi connectivity index (χ4n) is 3.56. The quantitative estimate of drug-likeness (QED) is 0.729. The third kappa shape index (κ3) is 5.55. The van der Waals surface area contributed by atoms with E-state index < -0.39 is 0 Å². The highest BCUT2D eigenvalue weighted by atomic mass is 16.5. The van der Waals surface area contributed by atoms with Crippen LogP contribution in [0.4, 0.5) is 5.69 Å². The van der Waals surface area contributed by atoms with E-state index in [9.17, 15) is 4.79 Å². The summed E-state index contributed by atoms with van der Waals surface area (Å²) in [4.78, 5) is 16.1. The van der Waals surface area contributed by atoms with Gasteiger partial charge in [0.05, 0.1) is 0 Å². The Labute approximate surface area is 161 Å². The lowest BCUT2D eigenvalue weighted by atomic mass is 10.1. The average molecular weight is 367 g/mol. The molecule has 2 aromatic carbocycles. The number of methoxy groups -OCH3 is 1. The monoisotopic (exact) mass is 367 g/mol. The standard InChI is InChI=1S/C22H29N3O2/c1-27-15-3-6-18-4-2-5-19(16-18)17-24-11-13-25(14-12-24)21-9-7-20(8-10-21)22(23)26/h2,4-5,7-10,16H,3,6,11-15,17H2,1H3,(H2,23,26). The van der Waals surface area contributed by atoms with Crippen LogP contribution in [0.3, 0.4) is 0 Å². The van der Waals surface area contributed by atoms with Crippen LogP contribution in [0.2, 0.25) is 0 Å². The predicted octanol–water partition coefficient (Wildman–Crippen LogP) is 2.69. The zero-order valence-corrected chi connectivity index (χ0v) is 16.1. The molecule has 0 aliphatic carbocycles. The first-order valence-electron chi connectivity index (χ1n) is 9.59. The molecule has 1 saturated heterocycles. The van der Waals surface area contributed by atoms with E-state index in [4.69, 9.17) is 10.5 Å². The number of primary amides is 1. The Bertz CT molecular complexity index is 737. The van der Waals surface area contributed by atoms with Crippen LogP contribution < -0.4 is 10.6 Å². The molecule has 27 heavy (non-hydrogen) atoms. The maximum Gasteiger partial charge on any atom is 0.248 e. The minimum atomic E-state index is -0.379. The van der Waals surface area contributed by atoms with Crippen LogP contribution >= 0.6 is 0 Å². The Morgan fingerprint density at radius 1 is 1.04 bits per heavy atom. The summed E-state index contributed by atoms with van der Waals surface area (Å²) in [6, 6.07) is 16.5. The van der Waals surface area contributed by atoms with Gasteiger partial charge in [-0.2, -0.15) is 0 Å². The average Bonchev–Trinajstić information content (AvgIpc) is 2.69. The smallest absolute Gasteiger partial charge is 0.248 e. The van der Waals surface area contributed by atoms with Gasteiger partial charge in [-0.15, -0.1) is 0 Å². The number of benzene rings is 2. The molecule has 5 nitrogen and oxygen atoms in total. The second-order valence-electron chi connectivity index (χ2n) is 7.09. The molecule has 5 heteroatoms. The first kappa shape index (κ1) is 19.4. The number of rotatable bonds is 8. The number of ether oxygens (including phenoxy) is 1. The van der Waals surface area contributed by atoms with Crippen molar-refractivity contribution in [3.63, 3.8) is 0 Å². The van der Waals surface area contributed by atoms with E-state index in [0.29, 0.717) is 5.56 Å². The van der Waals surface area contributed by atoms with Crippen molar-refractivity contribution in [3.8, 4) is 0 Å². The molecule has 1 fully saturated rings. The number of hydrogen-bond acceptors (Lipinski definition) is 4. The third-order valence-corrected chi connectivity index (χ3v) is 5.10. The molecule has 0 saturated carbocycles. The van der Waals surface area contributed by atoms with Gasteiger partial charge in [-0.3, -0.25) is 9.69 Å². The molecule has 0 aromatic heterocycles. The second-order valence-corrected chi connectivity index (χ2v) is 7.09. The van der Waals surface area contributed by atoms with Crippen LogP contribution in [0.25, 0.3) is 0 Å². The molecule has 3 rings (SSSR count). The topological polar surface area (TPSA) is 58.8 Å². The number of piperazine rings is 1. The lowest BCUT2D eigenvalue weighted by molar-refractivity contribution is 0.100. The summed E-state index contributed by atoms with van der Waals surface area (Å²) in [7, 11) is 1.75. The van der Waals surface area contributed by atoms with Crippen molar-refractivity contribution in [1.82, 2.24) is 4.90 Å². The highest BCUT2D eigenvalue weighted by molar-refractivity contribution is 5.93.